The van der Waals surface area contributed by atoms with E-state index in [0.717, 1.165) is 11.3 Å². The van der Waals surface area contributed by atoms with Crippen molar-refractivity contribution >= 4 is 11.6 Å². The van der Waals surface area contributed by atoms with Crippen LogP contribution >= 0.6 is 0 Å². The lowest BCUT2D eigenvalue weighted by molar-refractivity contribution is 0.102. The topological polar surface area (TPSA) is 77.2 Å². The molecule has 1 aromatic heterocycles. The Hall–Kier alpha value is -4.00. The number of benzene rings is 3. The molecule has 0 atom stereocenters. The Labute approximate surface area is 172 Å². The number of ether oxygens (including phenoxy) is 1. The summed E-state index contributed by atoms with van der Waals surface area (Å²) in [6, 6.07) is 20.2. The van der Waals surface area contributed by atoms with Gasteiger partial charge in [-0.05, 0) is 48.0 Å². The molecular formula is C23H18FN3O3. The van der Waals surface area contributed by atoms with Gasteiger partial charge in [0.25, 0.3) is 5.91 Å². The molecule has 0 aliphatic heterocycles. The molecule has 0 unspecified atom stereocenters. The SMILES string of the molecule is COc1ccc(Cc2nc(-c3cccc(NC(=O)c4cccc(F)c4)c3)no2)cc1. The third kappa shape index (κ3) is 4.52. The Morgan fingerprint density at radius 1 is 1.07 bits per heavy atom. The number of hydrogen-bond donors (Lipinski definition) is 1. The fraction of sp³-hybridized carbons (Fsp3) is 0.0870. The van der Waals surface area contributed by atoms with E-state index < -0.39 is 11.7 Å². The molecule has 6 nitrogen and oxygen atoms in total. The minimum atomic E-state index is -0.465. The maximum absolute atomic E-state index is 13.3. The van der Waals surface area contributed by atoms with Crippen molar-refractivity contribution in [3.63, 3.8) is 0 Å². The van der Waals surface area contributed by atoms with Gasteiger partial charge in [-0.15, -0.1) is 0 Å². The van der Waals surface area contributed by atoms with Gasteiger partial charge in [0, 0.05) is 16.8 Å². The van der Waals surface area contributed by atoms with Crippen LogP contribution in [0.15, 0.2) is 77.3 Å². The summed E-state index contributed by atoms with van der Waals surface area (Å²) in [6.45, 7) is 0. The summed E-state index contributed by atoms with van der Waals surface area (Å²) >= 11 is 0. The van der Waals surface area contributed by atoms with E-state index >= 15 is 0 Å². The number of carbonyl (C=O) groups excluding carboxylic acids is 1. The molecule has 0 fully saturated rings. The van der Waals surface area contributed by atoms with Crippen molar-refractivity contribution in [2.45, 2.75) is 6.42 Å². The quantitative estimate of drug-likeness (QED) is 0.504. The first kappa shape index (κ1) is 19.3. The van der Waals surface area contributed by atoms with E-state index in [4.69, 9.17) is 9.26 Å². The van der Waals surface area contributed by atoms with Gasteiger partial charge in [-0.2, -0.15) is 4.98 Å². The van der Waals surface area contributed by atoms with Gasteiger partial charge in [0.1, 0.15) is 11.6 Å². The van der Waals surface area contributed by atoms with Crippen LogP contribution < -0.4 is 10.1 Å². The third-order valence-corrected chi connectivity index (χ3v) is 4.45. The zero-order chi connectivity index (χ0) is 20.9. The smallest absolute Gasteiger partial charge is 0.255 e. The van der Waals surface area contributed by atoms with E-state index in [1.165, 1.54) is 18.2 Å². The number of halogens is 1. The highest BCUT2D eigenvalue weighted by atomic mass is 19.1. The van der Waals surface area contributed by atoms with Crippen LogP contribution in [0.1, 0.15) is 21.8 Å². The summed E-state index contributed by atoms with van der Waals surface area (Å²) < 4.78 is 23.9. The first-order valence-electron chi connectivity index (χ1n) is 9.23. The number of methoxy groups -OCH3 is 1. The van der Waals surface area contributed by atoms with Crippen molar-refractivity contribution in [1.29, 1.82) is 0 Å². The lowest BCUT2D eigenvalue weighted by Gasteiger charge is -2.06. The average molecular weight is 403 g/mol. The van der Waals surface area contributed by atoms with E-state index in [-0.39, 0.29) is 5.56 Å². The first-order valence-corrected chi connectivity index (χ1v) is 9.23. The molecule has 0 aliphatic carbocycles. The number of rotatable bonds is 6. The largest absolute Gasteiger partial charge is 0.497 e. The molecule has 4 rings (SSSR count). The zero-order valence-electron chi connectivity index (χ0n) is 16.1. The summed E-state index contributed by atoms with van der Waals surface area (Å²) in [5.74, 6) is 0.805. The van der Waals surface area contributed by atoms with Crippen molar-refractivity contribution in [2.75, 3.05) is 12.4 Å². The minimum Gasteiger partial charge on any atom is -0.497 e. The molecule has 0 aliphatic rings. The summed E-state index contributed by atoms with van der Waals surface area (Å²) in [5, 5.41) is 6.78. The Kier molecular flexibility index (Phi) is 5.52. The highest BCUT2D eigenvalue weighted by Crippen LogP contribution is 2.22. The maximum atomic E-state index is 13.3. The second kappa shape index (κ2) is 8.57. The highest BCUT2D eigenvalue weighted by molar-refractivity contribution is 6.04. The van der Waals surface area contributed by atoms with Gasteiger partial charge in [-0.25, -0.2) is 4.39 Å². The minimum absolute atomic E-state index is 0.238. The monoisotopic (exact) mass is 403 g/mol. The summed E-state index contributed by atoms with van der Waals surface area (Å²) in [7, 11) is 1.62. The first-order chi connectivity index (χ1) is 14.6. The van der Waals surface area contributed by atoms with Crippen LogP contribution in [0.5, 0.6) is 5.75 Å². The number of hydrogen-bond acceptors (Lipinski definition) is 5. The standard InChI is InChI=1S/C23H18FN3O3/c1-29-20-10-8-15(9-11-20)12-21-26-22(27-30-21)16-4-3-7-19(14-16)25-23(28)17-5-2-6-18(24)13-17/h2-11,13-14H,12H2,1H3,(H,25,28). The molecule has 0 saturated heterocycles. The van der Waals surface area contributed by atoms with E-state index in [1.807, 2.05) is 30.3 Å². The molecule has 0 saturated carbocycles. The third-order valence-electron chi connectivity index (χ3n) is 4.45. The van der Waals surface area contributed by atoms with E-state index in [0.29, 0.717) is 29.4 Å². The van der Waals surface area contributed by atoms with Gasteiger partial charge in [0.2, 0.25) is 11.7 Å². The van der Waals surface area contributed by atoms with Crippen LogP contribution in [0.2, 0.25) is 0 Å². The summed E-state index contributed by atoms with van der Waals surface area (Å²) in [6.07, 6.45) is 0.493. The molecule has 1 N–H and O–H groups in total. The number of amides is 1. The van der Waals surface area contributed by atoms with Crippen LogP contribution in [-0.2, 0) is 6.42 Å². The van der Waals surface area contributed by atoms with Crippen molar-refractivity contribution in [3.8, 4) is 17.1 Å². The van der Waals surface area contributed by atoms with Crippen LogP contribution in [-0.4, -0.2) is 23.2 Å². The second-order valence-electron chi connectivity index (χ2n) is 6.58. The molecule has 0 spiro atoms. The zero-order valence-corrected chi connectivity index (χ0v) is 16.1. The van der Waals surface area contributed by atoms with Crippen molar-refractivity contribution in [1.82, 2.24) is 10.1 Å². The lowest BCUT2D eigenvalue weighted by atomic mass is 10.1. The van der Waals surface area contributed by atoms with E-state index in [9.17, 15) is 9.18 Å². The fourth-order valence-electron chi connectivity index (χ4n) is 2.93. The van der Waals surface area contributed by atoms with Gasteiger partial charge in [-0.1, -0.05) is 35.5 Å². The number of nitrogens with one attached hydrogen (secondary N) is 1. The Morgan fingerprint density at radius 3 is 2.63 bits per heavy atom. The Bertz CT molecular complexity index is 1170. The summed E-state index contributed by atoms with van der Waals surface area (Å²) in [5.41, 5.74) is 2.49. The van der Waals surface area contributed by atoms with Gasteiger partial charge < -0.3 is 14.6 Å². The second-order valence-corrected chi connectivity index (χ2v) is 6.58. The van der Waals surface area contributed by atoms with Crippen molar-refractivity contribution < 1.29 is 18.4 Å². The van der Waals surface area contributed by atoms with Crippen LogP contribution in [0, 0.1) is 5.82 Å². The molecular weight excluding hydrogens is 385 g/mol. The van der Waals surface area contributed by atoms with Gasteiger partial charge >= 0.3 is 0 Å². The van der Waals surface area contributed by atoms with Crippen LogP contribution in [0.3, 0.4) is 0 Å². The number of aromatic nitrogens is 2. The molecule has 0 radical (unpaired) electrons. The fourth-order valence-corrected chi connectivity index (χ4v) is 2.93. The lowest BCUT2D eigenvalue weighted by Crippen LogP contribution is -2.12. The average Bonchev–Trinajstić information content (AvgIpc) is 3.23. The highest BCUT2D eigenvalue weighted by Gasteiger charge is 2.12. The molecule has 0 bridgehead atoms. The molecule has 3 aromatic carbocycles. The number of carbonyl (C=O) groups is 1. The predicted octanol–water partition coefficient (Wildman–Crippen LogP) is 4.73. The van der Waals surface area contributed by atoms with E-state index in [2.05, 4.69) is 15.5 Å². The molecule has 30 heavy (non-hydrogen) atoms. The molecule has 1 heterocycles. The van der Waals surface area contributed by atoms with E-state index in [1.54, 1.807) is 31.4 Å². The van der Waals surface area contributed by atoms with Gasteiger partial charge in [0.05, 0.1) is 13.5 Å². The predicted molar refractivity (Wildman–Crippen MR) is 110 cm³/mol. The van der Waals surface area contributed by atoms with Crippen LogP contribution in [0.4, 0.5) is 10.1 Å². The van der Waals surface area contributed by atoms with Crippen molar-refractivity contribution in [2.24, 2.45) is 0 Å². The van der Waals surface area contributed by atoms with Gasteiger partial charge in [-0.3, -0.25) is 4.79 Å². The number of nitrogens with zero attached hydrogens (tertiary/aromatic N) is 2. The molecule has 4 aromatic rings. The summed E-state index contributed by atoms with van der Waals surface area (Å²) in [4.78, 5) is 16.8. The molecule has 7 heteroatoms. The Balaban J connectivity index is 1.48. The van der Waals surface area contributed by atoms with Gasteiger partial charge in [0.15, 0.2) is 0 Å². The van der Waals surface area contributed by atoms with Crippen molar-refractivity contribution in [3.05, 3.63) is 95.6 Å². The maximum Gasteiger partial charge on any atom is 0.255 e. The molecule has 1 amide bonds. The number of anilines is 1. The molecule has 150 valence electrons. The Morgan fingerprint density at radius 2 is 1.87 bits per heavy atom. The van der Waals surface area contributed by atoms with Crippen LogP contribution in [0.25, 0.3) is 11.4 Å². The normalized spacial score (nSPS) is 10.6.